The van der Waals surface area contributed by atoms with Crippen molar-refractivity contribution >= 4 is 22.6 Å². The van der Waals surface area contributed by atoms with Crippen LogP contribution in [0.25, 0.3) is 0 Å². The summed E-state index contributed by atoms with van der Waals surface area (Å²) in [6, 6.07) is 8.29. The van der Waals surface area contributed by atoms with Crippen LogP contribution >= 0.6 is 22.6 Å². The largest absolute Gasteiger partial charge is 0.488 e. The molecule has 0 amide bonds. The molecular formula is C14H21INO+. The molecule has 1 fully saturated rings. The molecule has 0 saturated carbocycles. The predicted molar refractivity (Wildman–Crippen MR) is 78.7 cm³/mol. The van der Waals surface area contributed by atoms with Crippen LogP contribution in [0.2, 0.25) is 0 Å². The van der Waals surface area contributed by atoms with Gasteiger partial charge in [0.05, 0.1) is 13.1 Å². The number of likely N-dealkylation sites (tertiary alicyclic amines) is 1. The summed E-state index contributed by atoms with van der Waals surface area (Å²) in [5, 5.41) is 0. The molecule has 1 heterocycles. The standard InChI is InChI=1S/C14H20INO/c15-13-5-7-14(8-6-13)17-12-11-16-9-3-1-2-4-10-16/h5-8H,1-4,9-12H2/p+1. The SMILES string of the molecule is Ic1ccc(OCC[NH+]2CCCCCC2)cc1. The average molecular weight is 346 g/mol. The Morgan fingerprint density at radius 3 is 2.29 bits per heavy atom. The van der Waals surface area contributed by atoms with Crippen molar-refractivity contribution in [2.75, 3.05) is 26.2 Å². The summed E-state index contributed by atoms with van der Waals surface area (Å²) in [4.78, 5) is 1.72. The van der Waals surface area contributed by atoms with Gasteiger partial charge in [0.15, 0.2) is 0 Å². The molecule has 2 nitrogen and oxygen atoms in total. The lowest BCUT2D eigenvalue weighted by Crippen LogP contribution is -3.12. The molecule has 1 N–H and O–H groups in total. The van der Waals surface area contributed by atoms with Crippen molar-refractivity contribution in [2.45, 2.75) is 25.7 Å². The molecule has 1 aromatic rings. The second-order valence-electron chi connectivity index (χ2n) is 4.72. The van der Waals surface area contributed by atoms with Crippen molar-refractivity contribution in [1.82, 2.24) is 0 Å². The molecule has 1 aromatic carbocycles. The van der Waals surface area contributed by atoms with Crippen molar-refractivity contribution in [3.63, 3.8) is 0 Å². The van der Waals surface area contributed by atoms with Gasteiger partial charge in [-0.15, -0.1) is 0 Å². The van der Waals surface area contributed by atoms with Crippen LogP contribution in [0.1, 0.15) is 25.7 Å². The molecular weight excluding hydrogens is 325 g/mol. The maximum Gasteiger partial charge on any atom is 0.137 e. The van der Waals surface area contributed by atoms with E-state index in [9.17, 15) is 0 Å². The van der Waals surface area contributed by atoms with Gasteiger partial charge in [-0.05, 0) is 72.5 Å². The van der Waals surface area contributed by atoms with Crippen LogP contribution in [-0.2, 0) is 0 Å². The molecule has 0 atom stereocenters. The zero-order valence-corrected chi connectivity index (χ0v) is 12.4. The van der Waals surface area contributed by atoms with Gasteiger partial charge in [0, 0.05) is 3.57 Å². The molecule has 0 unspecified atom stereocenters. The zero-order valence-electron chi connectivity index (χ0n) is 10.3. The van der Waals surface area contributed by atoms with E-state index in [0.29, 0.717) is 0 Å². The van der Waals surface area contributed by atoms with E-state index in [1.807, 2.05) is 0 Å². The quantitative estimate of drug-likeness (QED) is 0.825. The number of benzene rings is 1. The van der Waals surface area contributed by atoms with Gasteiger partial charge in [-0.3, -0.25) is 0 Å². The van der Waals surface area contributed by atoms with Crippen LogP contribution in [-0.4, -0.2) is 26.2 Å². The van der Waals surface area contributed by atoms with E-state index in [1.54, 1.807) is 4.90 Å². The third-order valence-corrected chi connectivity index (χ3v) is 4.07. The molecule has 0 radical (unpaired) electrons. The highest BCUT2D eigenvalue weighted by Gasteiger charge is 2.11. The third-order valence-electron chi connectivity index (χ3n) is 3.35. The lowest BCUT2D eigenvalue weighted by atomic mass is 10.2. The van der Waals surface area contributed by atoms with E-state index in [1.165, 1.54) is 42.3 Å². The normalized spacial score (nSPS) is 17.7. The first-order chi connectivity index (χ1) is 8.34. The second kappa shape index (κ2) is 7.21. The highest BCUT2D eigenvalue weighted by atomic mass is 127. The van der Waals surface area contributed by atoms with Crippen molar-refractivity contribution in [1.29, 1.82) is 0 Å². The fourth-order valence-electron chi connectivity index (χ4n) is 2.32. The van der Waals surface area contributed by atoms with Gasteiger partial charge in [-0.25, -0.2) is 0 Å². The topological polar surface area (TPSA) is 13.7 Å². The van der Waals surface area contributed by atoms with E-state index in [-0.39, 0.29) is 0 Å². The molecule has 0 aliphatic carbocycles. The van der Waals surface area contributed by atoms with Crippen LogP contribution in [0.4, 0.5) is 0 Å². The summed E-state index contributed by atoms with van der Waals surface area (Å²) < 4.78 is 7.04. The van der Waals surface area contributed by atoms with Gasteiger partial charge in [-0.1, -0.05) is 0 Å². The Balaban J connectivity index is 1.69. The van der Waals surface area contributed by atoms with Gasteiger partial charge in [0.25, 0.3) is 0 Å². The first kappa shape index (κ1) is 13.1. The van der Waals surface area contributed by atoms with Gasteiger partial charge in [0.1, 0.15) is 18.9 Å². The average Bonchev–Trinajstić information content (AvgIpc) is 2.60. The molecule has 0 aromatic heterocycles. The summed E-state index contributed by atoms with van der Waals surface area (Å²) in [7, 11) is 0. The van der Waals surface area contributed by atoms with Crippen LogP contribution in [0.5, 0.6) is 5.75 Å². The first-order valence-corrected chi connectivity index (χ1v) is 7.64. The number of quaternary nitrogens is 1. The van der Waals surface area contributed by atoms with Crippen molar-refractivity contribution in [3.8, 4) is 5.75 Å². The maximum atomic E-state index is 5.78. The Labute approximate surface area is 117 Å². The number of rotatable bonds is 4. The van der Waals surface area contributed by atoms with Gasteiger partial charge < -0.3 is 9.64 Å². The minimum absolute atomic E-state index is 0.843. The van der Waals surface area contributed by atoms with E-state index < -0.39 is 0 Å². The van der Waals surface area contributed by atoms with Crippen LogP contribution < -0.4 is 9.64 Å². The van der Waals surface area contributed by atoms with Crippen LogP contribution in [0.15, 0.2) is 24.3 Å². The highest BCUT2D eigenvalue weighted by Crippen LogP contribution is 2.12. The van der Waals surface area contributed by atoms with E-state index in [0.717, 1.165) is 18.9 Å². The molecule has 0 bridgehead atoms. The smallest absolute Gasteiger partial charge is 0.137 e. The van der Waals surface area contributed by atoms with E-state index >= 15 is 0 Å². The Hall–Kier alpha value is -0.290. The Morgan fingerprint density at radius 2 is 1.65 bits per heavy atom. The van der Waals surface area contributed by atoms with Crippen LogP contribution in [0.3, 0.4) is 0 Å². The maximum absolute atomic E-state index is 5.78. The van der Waals surface area contributed by atoms with Gasteiger partial charge in [0.2, 0.25) is 0 Å². The number of hydrogen-bond donors (Lipinski definition) is 1. The van der Waals surface area contributed by atoms with Crippen molar-refractivity contribution in [3.05, 3.63) is 27.8 Å². The van der Waals surface area contributed by atoms with Crippen LogP contribution in [0, 0.1) is 3.57 Å². The molecule has 94 valence electrons. The number of halogens is 1. The molecule has 1 saturated heterocycles. The van der Waals surface area contributed by atoms with E-state index in [4.69, 9.17) is 4.74 Å². The number of ether oxygens (including phenoxy) is 1. The van der Waals surface area contributed by atoms with Gasteiger partial charge >= 0.3 is 0 Å². The predicted octanol–water partition coefficient (Wildman–Crippen LogP) is 2.13. The zero-order chi connectivity index (χ0) is 11.9. The fourth-order valence-corrected chi connectivity index (χ4v) is 2.68. The molecule has 1 aliphatic rings. The second-order valence-corrected chi connectivity index (χ2v) is 5.96. The minimum Gasteiger partial charge on any atom is -0.488 e. The van der Waals surface area contributed by atoms with Crippen molar-refractivity contribution in [2.24, 2.45) is 0 Å². The summed E-state index contributed by atoms with van der Waals surface area (Å²) >= 11 is 2.31. The Bertz CT molecular complexity index is 317. The summed E-state index contributed by atoms with van der Waals surface area (Å²) in [5.74, 6) is 1.000. The lowest BCUT2D eigenvalue weighted by Gasteiger charge is -2.17. The fraction of sp³-hybridized carbons (Fsp3) is 0.571. The number of hydrogen-bond acceptors (Lipinski definition) is 1. The third kappa shape index (κ3) is 4.84. The molecule has 17 heavy (non-hydrogen) atoms. The number of nitrogens with one attached hydrogen (secondary N) is 1. The summed E-state index contributed by atoms with van der Waals surface area (Å²) in [5.41, 5.74) is 0. The summed E-state index contributed by atoms with van der Waals surface area (Å²) in [6.45, 7) is 4.65. The monoisotopic (exact) mass is 346 g/mol. The Kier molecular flexibility index (Phi) is 5.58. The highest BCUT2D eigenvalue weighted by molar-refractivity contribution is 14.1. The Morgan fingerprint density at radius 1 is 1.00 bits per heavy atom. The minimum atomic E-state index is 0.843. The lowest BCUT2D eigenvalue weighted by molar-refractivity contribution is -0.899. The summed E-state index contributed by atoms with van der Waals surface area (Å²) in [6.07, 6.45) is 5.61. The van der Waals surface area contributed by atoms with Gasteiger partial charge in [-0.2, -0.15) is 0 Å². The molecule has 1 aliphatic heterocycles. The first-order valence-electron chi connectivity index (χ1n) is 6.56. The molecule has 2 rings (SSSR count). The van der Waals surface area contributed by atoms with Crippen molar-refractivity contribution < 1.29 is 9.64 Å². The van der Waals surface area contributed by atoms with E-state index in [2.05, 4.69) is 46.9 Å². The molecule has 0 spiro atoms. The molecule has 3 heteroatoms.